The molecule has 0 aliphatic carbocycles. The number of ether oxygens (including phenoxy) is 2. The van der Waals surface area contributed by atoms with Gasteiger partial charge in [-0.25, -0.2) is 4.39 Å². The van der Waals surface area contributed by atoms with Crippen molar-refractivity contribution in [3.05, 3.63) is 59.4 Å². The van der Waals surface area contributed by atoms with Crippen LogP contribution in [0.15, 0.2) is 42.5 Å². The summed E-state index contributed by atoms with van der Waals surface area (Å²) in [4.78, 5) is 0.168. The average molecular weight is 291 g/mol. The summed E-state index contributed by atoms with van der Waals surface area (Å²) >= 11 is 4.80. The summed E-state index contributed by atoms with van der Waals surface area (Å²) in [7, 11) is 1.56. The normalized spacial score (nSPS) is 10.1. The molecule has 2 N–H and O–H groups in total. The van der Waals surface area contributed by atoms with E-state index < -0.39 is 5.82 Å². The smallest absolute Gasteiger partial charge is 0.161 e. The third kappa shape index (κ3) is 3.24. The zero-order valence-corrected chi connectivity index (χ0v) is 11.7. The minimum Gasteiger partial charge on any atom is -0.493 e. The van der Waals surface area contributed by atoms with Crippen LogP contribution < -0.4 is 15.2 Å². The van der Waals surface area contributed by atoms with Gasteiger partial charge in [0.15, 0.2) is 11.5 Å². The van der Waals surface area contributed by atoms with Gasteiger partial charge >= 0.3 is 0 Å². The second kappa shape index (κ2) is 6.34. The first-order valence-electron chi connectivity index (χ1n) is 5.96. The molecule has 5 heteroatoms. The van der Waals surface area contributed by atoms with E-state index >= 15 is 0 Å². The Kier molecular flexibility index (Phi) is 4.53. The molecule has 0 aliphatic rings. The Balaban J connectivity index is 2.13. The molecule has 0 bridgehead atoms. The minimum absolute atomic E-state index is 0.101. The topological polar surface area (TPSA) is 44.5 Å². The van der Waals surface area contributed by atoms with Crippen LogP contribution in [0.4, 0.5) is 4.39 Å². The van der Waals surface area contributed by atoms with Crippen LogP contribution in [0.3, 0.4) is 0 Å². The van der Waals surface area contributed by atoms with Crippen molar-refractivity contribution >= 4 is 17.2 Å². The summed E-state index contributed by atoms with van der Waals surface area (Å²) in [6.45, 7) is 0.101. The maximum atomic E-state index is 13.9. The van der Waals surface area contributed by atoms with Gasteiger partial charge in [-0.15, -0.1) is 0 Å². The van der Waals surface area contributed by atoms with Gasteiger partial charge < -0.3 is 15.2 Å². The van der Waals surface area contributed by atoms with Crippen LogP contribution in [0.1, 0.15) is 11.1 Å². The lowest BCUT2D eigenvalue weighted by molar-refractivity contribution is 0.280. The summed E-state index contributed by atoms with van der Waals surface area (Å²) in [6.07, 6.45) is 0. The lowest BCUT2D eigenvalue weighted by Crippen LogP contribution is -2.10. The molecule has 3 nitrogen and oxygen atoms in total. The van der Waals surface area contributed by atoms with E-state index in [1.54, 1.807) is 31.4 Å². The Labute approximate surface area is 122 Å². The first kappa shape index (κ1) is 14.3. The van der Waals surface area contributed by atoms with Crippen LogP contribution in [-0.4, -0.2) is 12.1 Å². The van der Waals surface area contributed by atoms with Gasteiger partial charge in [-0.05, 0) is 18.2 Å². The van der Waals surface area contributed by atoms with Gasteiger partial charge in [0, 0.05) is 11.1 Å². The van der Waals surface area contributed by atoms with E-state index in [1.165, 1.54) is 6.07 Å². The molecule has 0 aliphatic heterocycles. The zero-order chi connectivity index (χ0) is 14.5. The zero-order valence-electron chi connectivity index (χ0n) is 10.9. The Morgan fingerprint density at radius 2 is 1.90 bits per heavy atom. The molecule has 0 amide bonds. The number of hydrogen-bond donors (Lipinski definition) is 1. The van der Waals surface area contributed by atoms with Crippen LogP contribution in [0.5, 0.6) is 11.5 Å². The van der Waals surface area contributed by atoms with E-state index in [1.807, 2.05) is 12.1 Å². The van der Waals surface area contributed by atoms with Gasteiger partial charge in [0.05, 0.1) is 7.11 Å². The second-order valence-corrected chi connectivity index (χ2v) is 4.55. The minimum atomic E-state index is -0.398. The van der Waals surface area contributed by atoms with Gasteiger partial charge in [0.2, 0.25) is 0 Å². The number of benzene rings is 2. The fraction of sp³-hybridized carbons (Fsp3) is 0.133. The molecule has 2 aromatic carbocycles. The number of para-hydroxylation sites is 2. The number of halogens is 1. The molecule has 0 unspecified atom stereocenters. The molecule has 0 aromatic heterocycles. The molecule has 0 spiro atoms. The predicted molar refractivity (Wildman–Crippen MR) is 79.6 cm³/mol. The Bertz CT molecular complexity index is 631. The standard InChI is InChI=1S/C15H14FNO2S/c1-18-13-4-2-3-5-14(13)19-9-11-7-6-10(15(17)20)8-12(11)16/h2-8H,9H2,1H3,(H2,17,20). The molecule has 20 heavy (non-hydrogen) atoms. The summed E-state index contributed by atoms with van der Waals surface area (Å²) in [5.74, 6) is 0.769. The fourth-order valence-electron chi connectivity index (χ4n) is 1.71. The van der Waals surface area contributed by atoms with Gasteiger partial charge in [-0.3, -0.25) is 0 Å². The Morgan fingerprint density at radius 1 is 1.20 bits per heavy atom. The van der Waals surface area contributed by atoms with E-state index in [2.05, 4.69) is 0 Å². The Morgan fingerprint density at radius 3 is 2.50 bits per heavy atom. The van der Waals surface area contributed by atoms with Crippen molar-refractivity contribution < 1.29 is 13.9 Å². The molecule has 104 valence electrons. The van der Waals surface area contributed by atoms with Crippen LogP contribution in [0.25, 0.3) is 0 Å². The van der Waals surface area contributed by atoms with Gasteiger partial charge in [0.1, 0.15) is 17.4 Å². The summed E-state index contributed by atoms with van der Waals surface area (Å²) < 4.78 is 24.6. The van der Waals surface area contributed by atoms with Crippen molar-refractivity contribution in [2.45, 2.75) is 6.61 Å². The highest BCUT2D eigenvalue weighted by Crippen LogP contribution is 2.27. The molecule has 0 atom stereocenters. The fourth-order valence-corrected chi connectivity index (χ4v) is 1.84. The summed E-state index contributed by atoms with van der Waals surface area (Å²) in [5, 5.41) is 0. The number of nitrogens with two attached hydrogens (primary N) is 1. The van der Waals surface area contributed by atoms with Crippen LogP contribution >= 0.6 is 12.2 Å². The third-order valence-corrected chi connectivity index (χ3v) is 3.03. The van der Waals surface area contributed by atoms with Crippen molar-refractivity contribution in [3.63, 3.8) is 0 Å². The van der Waals surface area contributed by atoms with Gasteiger partial charge in [0.25, 0.3) is 0 Å². The van der Waals surface area contributed by atoms with Gasteiger partial charge in [-0.2, -0.15) is 0 Å². The van der Waals surface area contributed by atoms with Crippen molar-refractivity contribution in [2.24, 2.45) is 5.73 Å². The lowest BCUT2D eigenvalue weighted by atomic mass is 10.1. The third-order valence-electron chi connectivity index (χ3n) is 2.79. The molecule has 0 radical (unpaired) electrons. The lowest BCUT2D eigenvalue weighted by Gasteiger charge is -2.11. The first-order valence-corrected chi connectivity index (χ1v) is 6.36. The highest BCUT2D eigenvalue weighted by molar-refractivity contribution is 7.80. The molecular formula is C15H14FNO2S. The first-order chi connectivity index (χ1) is 9.61. The molecular weight excluding hydrogens is 277 g/mol. The van der Waals surface area contributed by atoms with E-state index in [4.69, 9.17) is 27.4 Å². The monoisotopic (exact) mass is 291 g/mol. The molecule has 2 aromatic rings. The highest BCUT2D eigenvalue weighted by Gasteiger charge is 2.08. The number of methoxy groups -OCH3 is 1. The average Bonchev–Trinajstić information content (AvgIpc) is 2.46. The van der Waals surface area contributed by atoms with Crippen molar-refractivity contribution in [1.82, 2.24) is 0 Å². The SMILES string of the molecule is COc1ccccc1OCc1ccc(C(N)=S)cc1F. The van der Waals surface area contributed by atoms with E-state index in [0.717, 1.165) is 0 Å². The van der Waals surface area contributed by atoms with Crippen molar-refractivity contribution in [3.8, 4) is 11.5 Å². The second-order valence-electron chi connectivity index (χ2n) is 4.11. The maximum Gasteiger partial charge on any atom is 0.161 e. The van der Waals surface area contributed by atoms with Crippen LogP contribution in [-0.2, 0) is 6.61 Å². The quantitative estimate of drug-likeness (QED) is 0.860. The van der Waals surface area contributed by atoms with Crippen molar-refractivity contribution in [1.29, 1.82) is 0 Å². The molecule has 0 heterocycles. The molecule has 0 saturated carbocycles. The number of rotatable bonds is 5. The largest absolute Gasteiger partial charge is 0.493 e. The summed E-state index contributed by atoms with van der Waals surface area (Å²) in [6, 6.07) is 11.8. The Hall–Kier alpha value is -2.14. The van der Waals surface area contributed by atoms with E-state index in [-0.39, 0.29) is 11.6 Å². The molecule has 0 saturated heterocycles. The number of hydrogen-bond acceptors (Lipinski definition) is 3. The molecule has 0 fully saturated rings. The highest BCUT2D eigenvalue weighted by atomic mass is 32.1. The van der Waals surface area contributed by atoms with E-state index in [0.29, 0.717) is 22.6 Å². The van der Waals surface area contributed by atoms with Crippen LogP contribution in [0.2, 0.25) is 0 Å². The maximum absolute atomic E-state index is 13.9. The van der Waals surface area contributed by atoms with Crippen LogP contribution in [0, 0.1) is 5.82 Å². The van der Waals surface area contributed by atoms with E-state index in [9.17, 15) is 4.39 Å². The van der Waals surface area contributed by atoms with Gasteiger partial charge in [-0.1, -0.05) is 36.5 Å². The predicted octanol–water partition coefficient (Wildman–Crippen LogP) is 3.05. The summed E-state index contributed by atoms with van der Waals surface area (Å²) in [5.41, 5.74) is 6.38. The molecule has 2 rings (SSSR count). The number of thiocarbonyl (C=S) groups is 1. The van der Waals surface area contributed by atoms with Crippen molar-refractivity contribution in [2.75, 3.05) is 7.11 Å².